The Labute approximate surface area is 150 Å². The first kappa shape index (κ1) is 15.7. The Kier molecular flexibility index (Phi) is 4.12. The largest absolute Gasteiger partial charge is 0.268 e. The number of thioether (sulfide) groups is 1. The van der Waals surface area contributed by atoms with Gasteiger partial charge in [0.05, 0.1) is 16.8 Å². The van der Waals surface area contributed by atoms with E-state index in [2.05, 4.69) is 12.1 Å². The molecule has 122 valence electrons. The summed E-state index contributed by atoms with van der Waals surface area (Å²) in [6, 6.07) is 24.8. The molecule has 0 radical (unpaired) electrons. The van der Waals surface area contributed by atoms with Crippen LogP contribution in [0.1, 0.15) is 26.3 Å². The maximum Gasteiger partial charge on any atom is 0.266 e. The Morgan fingerprint density at radius 1 is 0.680 bits per heavy atom. The lowest BCUT2D eigenvalue weighted by Gasteiger charge is -2.14. The molecule has 2 amide bonds. The normalized spacial score (nSPS) is 13.2. The second-order valence-corrected chi connectivity index (χ2v) is 6.81. The summed E-state index contributed by atoms with van der Waals surface area (Å²) in [4.78, 5) is 27.5. The van der Waals surface area contributed by atoms with Crippen LogP contribution in [0.5, 0.6) is 0 Å². The van der Waals surface area contributed by atoms with E-state index in [0.717, 1.165) is 11.3 Å². The molecule has 0 unspecified atom stereocenters. The summed E-state index contributed by atoms with van der Waals surface area (Å²) in [5, 5.41) is 0. The van der Waals surface area contributed by atoms with Crippen molar-refractivity contribution < 1.29 is 9.59 Å². The predicted molar refractivity (Wildman–Crippen MR) is 100 cm³/mol. The SMILES string of the molecule is O=C1c2ccccc2C(=O)N1c1ccc(CSc2ccccc2)cc1. The van der Waals surface area contributed by atoms with Crippen LogP contribution in [0, 0.1) is 0 Å². The van der Waals surface area contributed by atoms with Crippen LogP contribution in [0.25, 0.3) is 0 Å². The van der Waals surface area contributed by atoms with Crippen molar-refractivity contribution in [3.63, 3.8) is 0 Å². The van der Waals surface area contributed by atoms with Gasteiger partial charge >= 0.3 is 0 Å². The van der Waals surface area contributed by atoms with Gasteiger partial charge < -0.3 is 0 Å². The first-order valence-electron chi connectivity index (χ1n) is 7.98. The molecular formula is C21H15NO2S. The first-order valence-corrected chi connectivity index (χ1v) is 8.97. The van der Waals surface area contributed by atoms with Gasteiger partial charge in [0.25, 0.3) is 11.8 Å². The minimum Gasteiger partial charge on any atom is -0.268 e. The van der Waals surface area contributed by atoms with Crippen LogP contribution in [-0.4, -0.2) is 11.8 Å². The fourth-order valence-corrected chi connectivity index (χ4v) is 3.72. The minimum absolute atomic E-state index is 0.257. The van der Waals surface area contributed by atoms with Crippen molar-refractivity contribution in [3.8, 4) is 0 Å². The van der Waals surface area contributed by atoms with Gasteiger partial charge in [-0.3, -0.25) is 9.59 Å². The number of anilines is 1. The number of benzene rings is 3. The Bertz CT molecular complexity index is 901. The van der Waals surface area contributed by atoms with E-state index in [1.54, 1.807) is 36.0 Å². The van der Waals surface area contributed by atoms with E-state index in [9.17, 15) is 9.59 Å². The molecule has 4 rings (SSSR count). The molecule has 3 nitrogen and oxygen atoms in total. The van der Waals surface area contributed by atoms with Crippen molar-refractivity contribution in [2.75, 3.05) is 4.90 Å². The number of fused-ring (bicyclic) bond motifs is 1. The lowest BCUT2D eigenvalue weighted by Crippen LogP contribution is -2.29. The third-order valence-electron chi connectivity index (χ3n) is 4.14. The monoisotopic (exact) mass is 345 g/mol. The topological polar surface area (TPSA) is 37.4 Å². The van der Waals surface area contributed by atoms with Crippen molar-refractivity contribution in [2.45, 2.75) is 10.6 Å². The van der Waals surface area contributed by atoms with Crippen LogP contribution >= 0.6 is 11.8 Å². The van der Waals surface area contributed by atoms with Crippen molar-refractivity contribution in [2.24, 2.45) is 0 Å². The van der Waals surface area contributed by atoms with Gasteiger partial charge in [-0.2, -0.15) is 0 Å². The Hall–Kier alpha value is -2.85. The molecule has 0 N–H and O–H groups in total. The van der Waals surface area contributed by atoms with Crippen LogP contribution in [0.15, 0.2) is 83.8 Å². The van der Waals surface area contributed by atoms with Crippen molar-refractivity contribution in [1.29, 1.82) is 0 Å². The number of carbonyl (C=O) groups is 2. The Morgan fingerprint density at radius 2 is 1.24 bits per heavy atom. The summed E-state index contributed by atoms with van der Waals surface area (Å²) in [6.45, 7) is 0. The predicted octanol–water partition coefficient (Wildman–Crippen LogP) is 4.78. The zero-order chi connectivity index (χ0) is 17.2. The average molecular weight is 345 g/mol. The van der Waals surface area contributed by atoms with Crippen molar-refractivity contribution >= 4 is 29.3 Å². The summed E-state index contributed by atoms with van der Waals surface area (Å²) >= 11 is 1.76. The van der Waals surface area contributed by atoms with E-state index < -0.39 is 0 Å². The molecule has 25 heavy (non-hydrogen) atoms. The Morgan fingerprint density at radius 3 is 1.84 bits per heavy atom. The van der Waals surface area contributed by atoms with Crippen molar-refractivity contribution in [1.82, 2.24) is 0 Å². The molecule has 1 aliphatic rings. The fraction of sp³-hybridized carbons (Fsp3) is 0.0476. The van der Waals surface area contributed by atoms with Crippen LogP contribution in [0.3, 0.4) is 0 Å². The molecule has 3 aromatic rings. The van der Waals surface area contributed by atoms with Gasteiger partial charge in [-0.05, 0) is 42.0 Å². The van der Waals surface area contributed by atoms with E-state index in [0.29, 0.717) is 16.8 Å². The lowest BCUT2D eigenvalue weighted by molar-refractivity contribution is 0.0926. The number of amides is 2. The van der Waals surface area contributed by atoms with Gasteiger partial charge in [0, 0.05) is 10.6 Å². The zero-order valence-corrected chi connectivity index (χ0v) is 14.2. The minimum atomic E-state index is -0.257. The molecule has 1 aliphatic heterocycles. The van der Waals surface area contributed by atoms with E-state index in [1.165, 1.54) is 9.80 Å². The van der Waals surface area contributed by atoms with E-state index in [4.69, 9.17) is 0 Å². The van der Waals surface area contributed by atoms with Gasteiger partial charge in [0.15, 0.2) is 0 Å². The van der Waals surface area contributed by atoms with Crippen LogP contribution in [0.2, 0.25) is 0 Å². The molecule has 0 bridgehead atoms. The maximum absolute atomic E-state index is 12.5. The number of nitrogens with zero attached hydrogens (tertiary/aromatic N) is 1. The van der Waals surface area contributed by atoms with Gasteiger partial charge in [-0.15, -0.1) is 11.8 Å². The molecule has 0 aliphatic carbocycles. The van der Waals surface area contributed by atoms with E-state index >= 15 is 0 Å². The van der Waals surface area contributed by atoms with Gasteiger partial charge in [0.1, 0.15) is 0 Å². The van der Waals surface area contributed by atoms with Gasteiger partial charge in [0.2, 0.25) is 0 Å². The second kappa shape index (κ2) is 6.57. The van der Waals surface area contributed by atoms with Crippen LogP contribution in [0.4, 0.5) is 5.69 Å². The Balaban J connectivity index is 1.51. The maximum atomic E-state index is 12.5. The number of hydrogen-bond donors (Lipinski definition) is 0. The molecule has 0 saturated heterocycles. The second-order valence-electron chi connectivity index (χ2n) is 5.76. The quantitative estimate of drug-likeness (QED) is 0.504. The summed E-state index contributed by atoms with van der Waals surface area (Å²) in [5.41, 5.74) is 2.70. The third kappa shape index (κ3) is 2.96. The molecule has 0 aromatic heterocycles. The zero-order valence-electron chi connectivity index (χ0n) is 13.4. The highest BCUT2D eigenvalue weighted by molar-refractivity contribution is 7.98. The molecule has 4 heteroatoms. The fourth-order valence-electron chi connectivity index (χ4n) is 2.85. The average Bonchev–Trinajstić information content (AvgIpc) is 2.93. The van der Waals surface area contributed by atoms with Crippen LogP contribution < -0.4 is 4.90 Å². The molecule has 3 aromatic carbocycles. The molecule has 0 saturated carbocycles. The standard InChI is InChI=1S/C21H15NO2S/c23-20-18-8-4-5-9-19(18)21(24)22(20)16-12-10-15(11-13-16)14-25-17-6-2-1-3-7-17/h1-13H,14H2. The van der Waals surface area contributed by atoms with Gasteiger partial charge in [-0.1, -0.05) is 42.5 Å². The summed E-state index contributed by atoms with van der Waals surface area (Å²) < 4.78 is 0. The highest BCUT2D eigenvalue weighted by atomic mass is 32.2. The lowest BCUT2D eigenvalue weighted by atomic mass is 10.1. The summed E-state index contributed by atoms with van der Waals surface area (Å²) in [5.74, 6) is 0.325. The van der Waals surface area contributed by atoms with Gasteiger partial charge in [-0.25, -0.2) is 4.90 Å². The third-order valence-corrected chi connectivity index (χ3v) is 5.22. The molecule has 0 atom stereocenters. The molecule has 0 spiro atoms. The number of imide groups is 1. The summed E-state index contributed by atoms with van der Waals surface area (Å²) in [6.07, 6.45) is 0. The molecule has 1 heterocycles. The first-order chi connectivity index (χ1) is 12.2. The van der Waals surface area contributed by atoms with Crippen molar-refractivity contribution in [3.05, 3.63) is 95.6 Å². The number of hydrogen-bond acceptors (Lipinski definition) is 3. The van der Waals surface area contributed by atoms with Crippen LogP contribution in [-0.2, 0) is 5.75 Å². The van der Waals surface area contributed by atoms with E-state index in [1.807, 2.05) is 42.5 Å². The smallest absolute Gasteiger partial charge is 0.266 e. The molecular weight excluding hydrogens is 330 g/mol. The summed E-state index contributed by atoms with van der Waals surface area (Å²) in [7, 11) is 0. The number of rotatable bonds is 4. The highest BCUT2D eigenvalue weighted by Crippen LogP contribution is 2.29. The number of carbonyl (C=O) groups excluding carboxylic acids is 2. The molecule has 0 fully saturated rings. The van der Waals surface area contributed by atoms with E-state index in [-0.39, 0.29) is 11.8 Å². The highest BCUT2D eigenvalue weighted by Gasteiger charge is 2.36.